The van der Waals surface area contributed by atoms with Gasteiger partial charge in [0.25, 0.3) is 0 Å². The first-order chi connectivity index (χ1) is 14.0. The molecule has 1 aromatic heterocycles. The fourth-order valence-corrected chi connectivity index (χ4v) is 4.23. The highest BCUT2D eigenvalue weighted by molar-refractivity contribution is 5.94. The standard InChI is InChI=1S/C23H28N4O2/c1-16-9-10-18-19(27(16)23(28)29)11-12-20-22(18)24-21(26(20)14-13-25(2)3)15-17-7-5-4-6-8-17/h4-8,11-12,16H,9-10,13-15H2,1-3H3,(H,28,29). The summed E-state index contributed by atoms with van der Waals surface area (Å²) < 4.78 is 2.30. The van der Waals surface area contributed by atoms with Crippen LogP contribution in [0.2, 0.25) is 0 Å². The van der Waals surface area contributed by atoms with Gasteiger partial charge in [0, 0.05) is 31.1 Å². The van der Waals surface area contributed by atoms with E-state index < -0.39 is 6.09 Å². The SMILES string of the molecule is CC1CCc2c(ccc3c2nc(Cc2ccccc2)n3CCN(C)C)N1C(=O)O. The van der Waals surface area contributed by atoms with Gasteiger partial charge in [-0.25, -0.2) is 9.78 Å². The minimum absolute atomic E-state index is 0.0166. The molecule has 152 valence electrons. The van der Waals surface area contributed by atoms with Crippen molar-refractivity contribution >= 4 is 22.8 Å². The number of carbonyl (C=O) groups is 1. The Bertz CT molecular complexity index is 1030. The first-order valence-corrected chi connectivity index (χ1v) is 10.2. The number of aryl methyl sites for hydroxylation is 1. The molecule has 0 fully saturated rings. The second-order valence-electron chi connectivity index (χ2n) is 8.12. The molecular formula is C23H28N4O2. The Balaban J connectivity index is 1.84. The van der Waals surface area contributed by atoms with Crippen molar-refractivity contribution in [1.29, 1.82) is 0 Å². The molecule has 3 aromatic rings. The smallest absolute Gasteiger partial charge is 0.412 e. The molecule has 1 aliphatic heterocycles. The molecule has 4 rings (SSSR count). The monoisotopic (exact) mass is 392 g/mol. The predicted octanol–water partition coefficient (Wildman–Crippen LogP) is 4.01. The van der Waals surface area contributed by atoms with Crippen molar-refractivity contribution in [2.24, 2.45) is 0 Å². The van der Waals surface area contributed by atoms with Gasteiger partial charge in [-0.15, -0.1) is 0 Å². The van der Waals surface area contributed by atoms with E-state index in [4.69, 9.17) is 4.98 Å². The maximum Gasteiger partial charge on any atom is 0.412 e. The van der Waals surface area contributed by atoms with Crippen LogP contribution < -0.4 is 4.90 Å². The number of likely N-dealkylation sites (N-methyl/N-ethyl adjacent to an activating group) is 1. The third kappa shape index (κ3) is 3.72. The highest BCUT2D eigenvalue weighted by Gasteiger charge is 2.30. The van der Waals surface area contributed by atoms with Crippen molar-refractivity contribution in [2.45, 2.75) is 38.8 Å². The van der Waals surface area contributed by atoms with E-state index in [1.165, 1.54) is 10.5 Å². The fourth-order valence-electron chi connectivity index (χ4n) is 4.23. The Morgan fingerprint density at radius 1 is 1.21 bits per heavy atom. The number of amides is 1. The molecule has 1 atom stereocenters. The summed E-state index contributed by atoms with van der Waals surface area (Å²) in [5.41, 5.74) is 5.11. The van der Waals surface area contributed by atoms with Crippen molar-refractivity contribution in [3.8, 4) is 0 Å². The number of aromatic nitrogens is 2. The number of nitrogens with zero attached hydrogens (tertiary/aromatic N) is 4. The number of hydrogen-bond donors (Lipinski definition) is 1. The van der Waals surface area contributed by atoms with E-state index in [-0.39, 0.29) is 6.04 Å². The molecule has 1 unspecified atom stereocenters. The Morgan fingerprint density at radius 3 is 2.66 bits per heavy atom. The van der Waals surface area contributed by atoms with Crippen LogP contribution in [0.1, 0.15) is 30.3 Å². The Kier molecular flexibility index (Phi) is 5.28. The van der Waals surface area contributed by atoms with Crippen molar-refractivity contribution < 1.29 is 9.90 Å². The quantitative estimate of drug-likeness (QED) is 0.713. The van der Waals surface area contributed by atoms with Crippen molar-refractivity contribution in [3.63, 3.8) is 0 Å². The van der Waals surface area contributed by atoms with Crippen LogP contribution in [0.5, 0.6) is 0 Å². The summed E-state index contributed by atoms with van der Waals surface area (Å²) in [5.74, 6) is 1.03. The summed E-state index contributed by atoms with van der Waals surface area (Å²) in [5, 5.41) is 9.72. The van der Waals surface area contributed by atoms with Crippen LogP contribution in [0.3, 0.4) is 0 Å². The average Bonchev–Trinajstić information content (AvgIpc) is 3.03. The summed E-state index contributed by atoms with van der Waals surface area (Å²) in [6.45, 7) is 3.74. The lowest BCUT2D eigenvalue weighted by Crippen LogP contribution is -2.41. The molecule has 29 heavy (non-hydrogen) atoms. The summed E-state index contributed by atoms with van der Waals surface area (Å²) in [4.78, 5) is 20.6. The lowest BCUT2D eigenvalue weighted by molar-refractivity contribution is 0.198. The van der Waals surface area contributed by atoms with E-state index in [0.29, 0.717) is 0 Å². The van der Waals surface area contributed by atoms with Gasteiger partial charge in [-0.05, 0) is 51.6 Å². The predicted molar refractivity (Wildman–Crippen MR) is 116 cm³/mol. The van der Waals surface area contributed by atoms with Gasteiger partial charge >= 0.3 is 6.09 Å². The molecular weight excluding hydrogens is 364 g/mol. The molecule has 0 bridgehead atoms. The van der Waals surface area contributed by atoms with Gasteiger partial charge in [-0.3, -0.25) is 4.90 Å². The number of hydrogen-bond acceptors (Lipinski definition) is 3. The van der Waals surface area contributed by atoms with Crippen LogP contribution >= 0.6 is 0 Å². The maximum atomic E-state index is 11.8. The molecule has 6 nitrogen and oxygen atoms in total. The van der Waals surface area contributed by atoms with Gasteiger partial charge in [0.1, 0.15) is 5.82 Å². The number of rotatable bonds is 5. The fraction of sp³-hybridized carbons (Fsp3) is 0.391. The number of carboxylic acid groups (broad SMARTS) is 1. The van der Waals surface area contributed by atoms with Crippen molar-refractivity contribution in [1.82, 2.24) is 14.5 Å². The zero-order valence-electron chi connectivity index (χ0n) is 17.3. The zero-order chi connectivity index (χ0) is 20.5. The van der Waals surface area contributed by atoms with Crippen LogP contribution in [-0.4, -0.2) is 52.3 Å². The van der Waals surface area contributed by atoms with Crippen LogP contribution in [0, 0.1) is 0 Å². The van der Waals surface area contributed by atoms with E-state index in [1.54, 1.807) is 0 Å². The molecule has 1 aliphatic rings. The number of imidazole rings is 1. The molecule has 0 aliphatic carbocycles. The van der Waals surface area contributed by atoms with Gasteiger partial charge < -0.3 is 14.6 Å². The van der Waals surface area contributed by atoms with E-state index in [2.05, 4.69) is 47.8 Å². The first kappa shape index (κ1) is 19.5. The Hall–Kier alpha value is -2.86. The normalized spacial score (nSPS) is 16.4. The second kappa shape index (κ2) is 7.87. The maximum absolute atomic E-state index is 11.8. The van der Waals surface area contributed by atoms with E-state index in [1.807, 2.05) is 25.1 Å². The Morgan fingerprint density at radius 2 is 1.97 bits per heavy atom. The summed E-state index contributed by atoms with van der Waals surface area (Å²) >= 11 is 0. The van der Waals surface area contributed by atoms with Gasteiger partial charge in [-0.1, -0.05) is 30.3 Å². The summed E-state index contributed by atoms with van der Waals surface area (Å²) in [7, 11) is 4.15. The van der Waals surface area contributed by atoms with E-state index >= 15 is 0 Å². The van der Waals surface area contributed by atoms with Crippen molar-refractivity contribution in [2.75, 3.05) is 25.5 Å². The first-order valence-electron chi connectivity index (χ1n) is 10.2. The molecule has 0 saturated heterocycles. The third-order valence-corrected chi connectivity index (χ3v) is 5.77. The number of fused-ring (bicyclic) bond motifs is 3. The molecule has 0 radical (unpaired) electrons. The average molecular weight is 393 g/mol. The summed E-state index contributed by atoms with van der Waals surface area (Å²) in [6, 6.07) is 14.4. The van der Waals surface area contributed by atoms with Gasteiger partial charge in [0.15, 0.2) is 0 Å². The molecule has 2 heterocycles. The lowest BCUT2D eigenvalue weighted by atomic mass is 9.96. The minimum atomic E-state index is -0.894. The van der Waals surface area contributed by atoms with Crippen LogP contribution in [-0.2, 0) is 19.4 Å². The van der Waals surface area contributed by atoms with Gasteiger partial charge in [0.2, 0.25) is 0 Å². The van der Waals surface area contributed by atoms with Crippen molar-refractivity contribution in [3.05, 3.63) is 59.4 Å². The summed E-state index contributed by atoms with van der Waals surface area (Å²) in [6.07, 6.45) is 1.54. The molecule has 0 saturated carbocycles. The number of anilines is 1. The van der Waals surface area contributed by atoms with Gasteiger partial charge in [0.05, 0.1) is 16.7 Å². The zero-order valence-corrected chi connectivity index (χ0v) is 17.3. The third-order valence-electron chi connectivity index (χ3n) is 5.77. The van der Waals surface area contributed by atoms with Gasteiger partial charge in [-0.2, -0.15) is 0 Å². The van der Waals surface area contributed by atoms with Crippen LogP contribution in [0.15, 0.2) is 42.5 Å². The highest BCUT2D eigenvalue weighted by Crippen LogP contribution is 2.36. The molecule has 6 heteroatoms. The highest BCUT2D eigenvalue weighted by atomic mass is 16.4. The largest absolute Gasteiger partial charge is 0.465 e. The second-order valence-corrected chi connectivity index (χ2v) is 8.12. The molecule has 1 amide bonds. The Labute approximate surface area is 171 Å². The topological polar surface area (TPSA) is 61.6 Å². The lowest BCUT2D eigenvalue weighted by Gasteiger charge is -2.33. The van der Waals surface area contributed by atoms with E-state index in [9.17, 15) is 9.90 Å². The van der Waals surface area contributed by atoms with E-state index in [0.717, 1.165) is 60.5 Å². The number of benzene rings is 2. The van der Waals surface area contributed by atoms with Crippen LogP contribution in [0.4, 0.5) is 10.5 Å². The van der Waals surface area contributed by atoms with Crippen LogP contribution in [0.25, 0.3) is 11.0 Å². The molecule has 2 aromatic carbocycles. The molecule has 1 N–H and O–H groups in total. The molecule has 0 spiro atoms. The minimum Gasteiger partial charge on any atom is -0.465 e.